The van der Waals surface area contributed by atoms with E-state index in [0.29, 0.717) is 50.2 Å². The van der Waals surface area contributed by atoms with Gasteiger partial charge in [-0.1, -0.05) is 40.5 Å². The Balaban J connectivity index is 1.68. The molecule has 2 N–H and O–H groups in total. The molecule has 0 aliphatic heterocycles. The molecule has 0 radical (unpaired) electrons. The first-order valence-electron chi connectivity index (χ1n) is 11.5. The van der Waals surface area contributed by atoms with Crippen molar-refractivity contribution in [2.75, 3.05) is 25.6 Å². The molecule has 0 saturated carbocycles. The fourth-order valence-corrected chi connectivity index (χ4v) is 4.75. The Morgan fingerprint density at radius 2 is 1.84 bits per heavy atom. The van der Waals surface area contributed by atoms with Crippen molar-refractivity contribution < 1.29 is 23.8 Å². The normalized spacial score (nSPS) is 10.8. The van der Waals surface area contributed by atoms with E-state index in [1.54, 1.807) is 42.5 Å². The molecule has 0 aliphatic carbocycles. The molecule has 0 aromatic heterocycles. The highest BCUT2D eigenvalue weighted by Crippen LogP contribution is 2.32. The molecule has 0 aliphatic rings. The van der Waals surface area contributed by atoms with Crippen molar-refractivity contribution in [3.8, 4) is 17.2 Å². The molecule has 0 bridgehead atoms. The number of hydrazone groups is 1. The summed E-state index contributed by atoms with van der Waals surface area (Å²) in [6.07, 6.45) is 2.28. The standard InChI is InChI=1S/C27H26Br2ClN3O5/c1-4-9-37-23-8-6-17(11-24(23)36-3)27(35)33-31-14-18-10-19(28)12-21(29)26(18)38-15-25(34)32-20-7-5-16(2)22(30)13-20/h5-8,10-14H,4,9,15H2,1-3H3,(H,32,34)(H,33,35)/b31-14+. The Bertz CT molecular complexity index is 1350. The number of carbonyl (C=O) groups is 2. The Morgan fingerprint density at radius 1 is 1.05 bits per heavy atom. The number of anilines is 1. The Labute approximate surface area is 242 Å². The minimum Gasteiger partial charge on any atom is -0.493 e. The summed E-state index contributed by atoms with van der Waals surface area (Å²) in [5.41, 5.74) is 4.84. The number of rotatable bonds is 11. The number of nitrogens with one attached hydrogen (secondary N) is 2. The van der Waals surface area contributed by atoms with E-state index >= 15 is 0 Å². The number of benzene rings is 3. The zero-order valence-electron chi connectivity index (χ0n) is 20.9. The van der Waals surface area contributed by atoms with Crippen LogP contribution in [0.25, 0.3) is 0 Å². The van der Waals surface area contributed by atoms with Gasteiger partial charge >= 0.3 is 0 Å². The highest BCUT2D eigenvalue weighted by atomic mass is 79.9. The van der Waals surface area contributed by atoms with Crippen molar-refractivity contribution in [3.63, 3.8) is 0 Å². The van der Waals surface area contributed by atoms with E-state index in [1.165, 1.54) is 13.3 Å². The van der Waals surface area contributed by atoms with Gasteiger partial charge in [-0.05, 0) is 77.3 Å². The lowest BCUT2D eigenvalue weighted by Gasteiger charge is -2.13. The summed E-state index contributed by atoms with van der Waals surface area (Å²) in [5, 5.41) is 7.37. The summed E-state index contributed by atoms with van der Waals surface area (Å²) in [5.74, 6) is 0.588. The van der Waals surface area contributed by atoms with Gasteiger partial charge in [-0.2, -0.15) is 5.10 Å². The molecule has 0 atom stereocenters. The predicted octanol–water partition coefficient (Wildman–Crippen LogP) is 6.75. The molecule has 8 nitrogen and oxygen atoms in total. The molecule has 2 amide bonds. The van der Waals surface area contributed by atoms with E-state index in [-0.39, 0.29) is 12.5 Å². The summed E-state index contributed by atoms with van der Waals surface area (Å²) < 4.78 is 18.1. The maximum atomic E-state index is 12.6. The molecule has 200 valence electrons. The molecule has 38 heavy (non-hydrogen) atoms. The number of methoxy groups -OCH3 is 1. The van der Waals surface area contributed by atoms with Gasteiger partial charge in [0.25, 0.3) is 11.8 Å². The third-order valence-corrected chi connectivity index (χ3v) is 6.55. The van der Waals surface area contributed by atoms with E-state index in [1.807, 2.05) is 19.9 Å². The van der Waals surface area contributed by atoms with Gasteiger partial charge in [0.2, 0.25) is 0 Å². The average Bonchev–Trinajstić information content (AvgIpc) is 2.88. The summed E-state index contributed by atoms with van der Waals surface area (Å²) in [6.45, 7) is 4.17. The van der Waals surface area contributed by atoms with Gasteiger partial charge in [0, 0.05) is 26.3 Å². The smallest absolute Gasteiger partial charge is 0.271 e. The van der Waals surface area contributed by atoms with Gasteiger partial charge in [0.1, 0.15) is 5.75 Å². The second-order valence-electron chi connectivity index (χ2n) is 8.02. The number of hydrogen-bond donors (Lipinski definition) is 2. The molecule has 0 saturated heterocycles. The number of nitrogens with zero attached hydrogens (tertiary/aromatic N) is 1. The van der Waals surface area contributed by atoms with Crippen LogP contribution in [-0.4, -0.2) is 38.4 Å². The topological polar surface area (TPSA) is 98.3 Å². The zero-order valence-corrected chi connectivity index (χ0v) is 24.9. The fraction of sp³-hybridized carbons (Fsp3) is 0.222. The lowest BCUT2D eigenvalue weighted by atomic mass is 10.2. The van der Waals surface area contributed by atoms with Crippen molar-refractivity contribution in [2.24, 2.45) is 5.10 Å². The number of ether oxygens (including phenoxy) is 3. The van der Waals surface area contributed by atoms with Gasteiger partial charge in [-0.15, -0.1) is 0 Å². The van der Waals surface area contributed by atoms with Crippen LogP contribution < -0.4 is 25.0 Å². The summed E-state index contributed by atoms with van der Waals surface area (Å²) in [6, 6.07) is 13.7. The minimum atomic E-state index is -0.436. The number of hydrogen-bond acceptors (Lipinski definition) is 6. The zero-order chi connectivity index (χ0) is 27.7. The molecular weight excluding hydrogens is 642 g/mol. The van der Waals surface area contributed by atoms with Crippen LogP contribution in [0.4, 0.5) is 5.69 Å². The fourth-order valence-electron chi connectivity index (χ4n) is 3.20. The van der Waals surface area contributed by atoms with Crippen molar-refractivity contribution in [1.29, 1.82) is 0 Å². The molecular formula is C27H26Br2ClN3O5. The Kier molecular flexibility index (Phi) is 11.0. The van der Waals surface area contributed by atoms with E-state index < -0.39 is 5.91 Å². The second kappa shape index (κ2) is 14.2. The lowest BCUT2D eigenvalue weighted by molar-refractivity contribution is -0.118. The summed E-state index contributed by atoms with van der Waals surface area (Å²) in [4.78, 5) is 25.1. The number of amides is 2. The quantitative estimate of drug-likeness (QED) is 0.174. The van der Waals surface area contributed by atoms with Crippen LogP contribution in [0.5, 0.6) is 17.2 Å². The van der Waals surface area contributed by atoms with E-state index in [0.717, 1.165) is 16.5 Å². The van der Waals surface area contributed by atoms with Crippen LogP contribution in [0.3, 0.4) is 0 Å². The number of aryl methyl sites for hydroxylation is 1. The highest BCUT2D eigenvalue weighted by molar-refractivity contribution is 9.11. The molecule has 3 aromatic carbocycles. The van der Waals surface area contributed by atoms with Crippen molar-refractivity contribution in [2.45, 2.75) is 20.3 Å². The van der Waals surface area contributed by atoms with Gasteiger partial charge in [-0.3, -0.25) is 9.59 Å². The molecule has 11 heteroatoms. The lowest BCUT2D eigenvalue weighted by Crippen LogP contribution is -2.21. The third kappa shape index (κ3) is 8.21. The van der Waals surface area contributed by atoms with Crippen LogP contribution in [0, 0.1) is 6.92 Å². The second-order valence-corrected chi connectivity index (χ2v) is 10.2. The van der Waals surface area contributed by atoms with Crippen LogP contribution >= 0.6 is 43.5 Å². The molecule has 3 aromatic rings. The average molecular weight is 668 g/mol. The first-order chi connectivity index (χ1) is 18.2. The largest absolute Gasteiger partial charge is 0.493 e. The van der Waals surface area contributed by atoms with Crippen molar-refractivity contribution in [1.82, 2.24) is 5.43 Å². The number of carbonyl (C=O) groups excluding carboxylic acids is 2. The molecule has 3 rings (SSSR count). The van der Waals surface area contributed by atoms with Gasteiger partial charge in [0.05, 0.1) is 24.4 Å². The first-order valence-corrected chi connectivity index (χ1v) is 13.5. The van der Waals surface area contributed by atoms with Crippen LogP contribution in [0.1, 0.15) is 34.8 Å². The molecule has 0 heterocycles. The van der Waals surface area contributed by atoms with Crippen molar-refractivity contribution in [3.05, 3.63) is 79.2 Å². The monoisotopic (exact) mass is 665 g/mol. The SMILES string of the molecule is CCCOc1ccc(C(=O)N/N=C/c2cc(Br)cc(Br)c2OCC(=O)Nc2ccc(C)c(Cl)c2)cc1OC. The van der Waals surface area contributed by atoms with Gasteiger partial charge in [0.15, 0.2) is 18.1 Å². The first kappa shape index (κ1) is 29.5. The predicted molar refractivity (Wildman–Crippen MR) is 156 cm³/mol. The van der Waals surface area contributed by atoms with E-state index in [2.05, 4.69) is 47.7 Å². The summed E-state index contributed by atoms with van der Waals surface area (Å²) >= 11 is 13.0. The third-order valence-electron chi connectivity index (χ3n) is 5.10. The molecule has 0 fully saturated rings. The van der Waals surface area contributed by atoms with Crippen LogP contribution in [-0.2, 0) is 4.79 Å². The summed E-state index contributed by atoms with van der Waals surface area (Å²) in [7, 11) is 1.51. The van der Waals surface area contributed by atoms with Gasteiger partial charge < -0.3 is 19.5 Å². The number of halogens is 3. The van der Waals surface area contributed by atoms with Crippen LogP contribution in [0.2, 0.25) is 5.02 Å². The minimum absolute atomic E-state index is 0.259. The molecule has 0 unspecified atom stereocenters. The van der Waals surface area contributed by atoms with Crippen LogP contribution in [0.15, 0.2) is 62.6 Å². The Morgan fingerprint density at radius 3 is 2.55 bits per heavy atom. The van der Waals surface area contributed by atoms with Crippen molar-refractivity contribution >= 4 is 67.2 Å². The highest BCUT2D eigenvalue weighted by Gasteiger charge is 2.14. The maximum absolute atomic E-state index is 12.6. The molecule has 0 spiro atoms. The van der Waals surface area contributed by atoms with E-state index in [4.69, 9.17) is 25.8 Å². The van der Waals surface area contributed by atoms with Gasteiger partial charge in [-0.25, -0.2) is 5.43 Å². The van der Waals surface area contributed by atoms with E-state index in [9.17, 15) is 9.59 Å². The maximum Gasteiger partial charge on any atom is 0.271 e. The Hall–Kier alpha value is -3.08.